The van der Waals surface area contributed by atoms with E-state index in [1.807, 2.05) is 43.3 Å². The zero-order valence-corrected chi connectivity index (χ0v) is 12.9. The maximum absolute atomic E-state index is 11.9. The second-order valence-electron chi connectivity index (χ2n) is 5.88. The molecule has 0 spiro atoms. The van der Waals surface area contributed by atoms with E-state index in [9.17, 15) is 4.79 Å². The Kier molecular flexibility index (Phi) is 5.59. The van der Waals surface area contributed by atoms with E-state index in [4.69, 9.17) is 10.5 Å². The number of benzene rings is 1. The Morgan fingerprint density at radius 2 is 2.05 bits per heavy atom. The molecule has 1 unspecified atom stereocenters. The van der Waals surface area contributed by atoms with Gasteiger partial charge in [0.2, 0.25) is 5.91 Å². The molecule has 116 valence electrons. The summed E-state index contributed by atoms with van der Waals surface area (Å²) in [6.45, 7) is 3.59. The first kappa shape index (κ1) is 15.8. The van der Waals surface area contributed by atoms with Crippen LogP contribution in [0.4, 0.5) is 0 Å². The quantitative estimate of drug-likeness (QED) is 0.812. The van der Waals surface area contributed by atoms with Crippen molar-refractivity contribution in [2.24, 2.45) is 11.7 Å². The van der Waals surface area contributed by atoms with Gasteiger partial charge in [-0.15, -0.1) is 0 Å². The smallest absolute Gasteiger partial charge is 0.223 e. The van der Waals surface area contributed by atoms with Crippen LogP contribution in [-0.4, -0.2) is 56.0 Å². The number of carbonyl (C=O) groups excluding carboxylic acids is 1. The van der Waals surface area contributed by atoms with Gasteiger partial charge in [0.05, 0.1) is 0 Å². The number of nitrogens with two attached hydrogens (primary N) is 1. The SMILES string of the molecule is CN(C)CCOc1ccc(CN2CC(CN)CC2=O)cc1. The molecule has 5 nitrogen and oxygen atoms in total. The fraction of sp³-hybridized carbons (Fsp3) is 0.562. The topological polar surface area (TPSA) is 58.8 Å². The summed E-state index contributed by atoms with van der Waals surface area (Å²) in [6.07, 6.45) is 0.586. The summed E-state index contributed by atoms with van der Waals surface area (Å²) in [6, 6.07) is 7.97. The average molecular weight is 291 g/mol. The highest BCUT2D eigenvalue weighted by atomic mass is 16.5. The third kappa shape index (κ3) is 4.72. The number of nitrogens with zero attached hydrogens (tertiary/aromatic N) is 2. The van der Waals surface area contributed by atoms with Gasteiger partial charge in [-0.1, -0.05) is 12.1 Å². The van der Waals surface area contributed by atoms with Gasteiger partial charge in [0.25, 0.3) is 0 Å². The van der Waals surface area contributed by atoms with E-state index in [-0.39, 0.29) is 5.91 Å². The number of likely N-dealkylation sites (N-methyl/N-ethyl adjacent to an activating group) is 1. The van der Waals surface area contributed by atoms with Crippen LogP contribution in [0.1, 0.15) is 12.0 Å². The fourth-order valence-corrected chi connectivity index (χ4v) is 2.42. The number of ether oxygens (including phenoxy) is 1. The average Bonchev–Trinajstić information content (AvgIpc) is 2.81. The van der Waals surface area contributed by atoms with Gasteiger partial charge in [-0.25, -0.2) is 0 Å². The van der Waals surface area contributed by atoms with Gasteiger partial charge in [0.15, 0.2) is 0 Å². The van der Waals surface area contributed by atoms with E-state index >= 15 is 0 Å². The molecule has 1 fully saturated rings. The second kappa shape index (κ2) is 7.43. The van der Waals surface area contributed by atoms with Crippen molar-refractivity contribution in [3.63, 3.8) is 0 Å². The third-order valence-corrected chi connectivity index (χ3v) is 3.73. The molecule has 0 aromatic heterocycles. The van der Waals surface area contributed by atoms with Gasteiger partial charge in [0, 0.05) is 26.1 Å². The highest BCUT2D eigenvalue weighted by Gasteiger charge is 2.28. The van der Waals surface area contributed by atoms with Crippen molar-refractivity contribution in [1.29, 1.82) is 0 Å². The van der Waals surface area contributed by atoms with Crippen LogP contribution in [0, 0.1) is 5.92 Å². The van der Waals surface area contributed by atoms with Gasteiger partial charge in [-0.3, -0.25) is 4.79 Å². The van der Waals surface area contributed by atoms with Crippen LogP contribution in [0.15, 0.2) is 24.3 Å². The van der Waals surface area contributed by atoms with Crippen molar-refractivity contribution < 1.29 is 9.53 Å². The Morgan fingerprint density at radius 1 is 1.33 bits per heavy atom. The van der Waals surface area contributed by atoms with Gasteiger partial charge in [0.1, 0.15) is 12.4 Å². The van der Waals surface area contributed by atoms with E-state index in [2.05, 4.69) is 4.90 Å². The van der Waals surface area contributed by atoms with Crippen LogP contribution in [0.2, 0.25) is 0 Å². The zero-order valence-electron chi connectivity index (χ0n) is 12.9. The number of rotatable bonds is 7. The molecule has 0 aliphatic carbocycles. The fourth-order valence-electron chi connectivity index (χ4n) is 2.42. The van der Waals surface area contributed by atoms with Gasteiger partial charge < -0.3 is 20.3 Å². The van der Waals surface area contributed by atoms with Gasteiger partial charge in [-0.05, 0) is 44.3 Å². The summed E-state index contributed by atoms with van der Waals surface area (Å²) in [5.41, 5.74) is 6.77. The van der Waals surface area contributed by atoms with Crippen LogP contribution in [0.3, 0.4) is 0 Å². The first-order valence-electron chi connectivity index (χ1n) is 7.43. The Bertz CT molecular complexity index is 459. The van der Waals surface area contributed by atoms with Crippen molar-refractivity contribution in [2.75, 3.05) is 40.3 Å². The van der Waals surface area contributed by atoms with Crippen molar-refractivity contribution in [3.8, 4) is 5.75 Å². The molecule has 5 heteroatoms. The molecule has 1 amide bonds. The normalized spacial score (nSPS) is 18.6. The van der Waals surface area contributed by atoms with Crippen molar-refractivity contribution in [1.82, 2.24) is 9.80 Å². The molecule has 21 heavy (non-hydrogen) atoms. The number of hydrogen-bond donors (Lipinski definition) is 1. The highest BCUT2D eigenvalue weighted by molar-refractivity contribution is 5.78. The summed E-state index contributed by atoms with van der Waals surface area (Å²) in [5, 5.41) is 0. The summed E-state index contributed by atoms with van der Waals surface area (Å²) < 4.78 is 5.66. The molecule has 2 N–H and O–H groups in total. The standard InChI is InChI=1S/C16H25N3O2/c1-18(2)7-8-21-15-5-3-13(4-6-15)11-19-12-14(10-17)9-16(19)20/h3-6,14H,7-12,17H2,1-2H3. The zero-order chi connectivity index (χ0) is 15.2. The number of hydrogen-bond acceptors (Lipinski definition) is 4. The highest BCUT2D eigenvalue weighted by Crippen LogP contribution is 2.20. The molecule has 1 saturated heterocycles. The molecule has 1 aliphatic heterocycles. The van der Waals surface area contributed by atoms with E-state index in [0.717, 1.165) is 24.4 Å². The summed E-state index contributed by atoms with van der Waals surface area (Å²) in [5.74, 6) is 1.39. The predicted molar refractivity (Wildman–Crippen MR) is 83.1 cm³/mol. The summed E-state index contributed by atoms with van der Waals surface area (Å²) in [7, 11) is 4.04. The molecule has 0 radical (unpaired) electrons. The minimum absolute atomic E-state index is 0.205. The maximum Gasteiger partial charge on any atom is 0.223 e. The van der Waals surface area contributed by atoms with E-state index in [0.29, 0.717) is 32.0 Å². The molecular formula is C16H25N3O2. The lowest BCUT2D eigenvalue weighted by Crippen LogP contribution is -2.25. The predicted octanol–water partition coefficient (Wildman–Crippen LogP) is 0.934. The molecule has 1 aromatic rings. The molecule has 1 aliphatic rings. The Labute approximate surface area is 126 Å². The second-order valence-corrected chi connectivity index (χ2v) is 5.88. The van der Waals surface area contributed by atoms with Crippen LogP contribution < -0.4 is 10.5 Å². The van der Waals surface area contributed by atoms with Crippen LogP contribution in [0.25, 0.3) is 0 Å². The van der Waals surface area contributed by atoms with Crippen molar-refractivity contribution >= 4 is 5.91 Å². The van der Waals surface area contributed by atoms with Crippen molar-refractivity contribution in [3.05, 3.63) is 29.8 Å². The Hall–Kier alpha value is -1.59. The summed E-state index contributed by atoms with van der Waals surface area (Å²) in [4.78, 5) is 15.8. The lowest BCUT2D eigenvalue weighted by atomic mass is 10.1. The van der Waals surface area contributed by atoms with Gasteiger partial charge >= 0.3 is 0 Å². The first-order chi connectivity index (χ1) is 10.1. The molecule has 1 heterocycles. The lowest BCUT2D eigenvalue weighted by Gasteiger charge is -2.17. The monoisotopic (exact) mass is 291 g/mol. The number of amides is 1. The van der Waals surface area contributed by atoms with E-state index < -0.39 is 0 Å². The number of likely N-dealkylation sites (tertiary alicyclic amines) is 1. The molecular weight excluding hydrogens is 266 g/mol. The van der Waals surface area contributed by atoms with Crippen molar-refractivity contribution in [2.45, 2.75) is 13.0 Å². The van der Waals surface area contributed by atoms with Crippen LogP contribution in [-0.2, 0) is 11.3 Å². The van der Waals surface area contributed by atoms with Crippen LogP contribution in [0.5, 0.6) is 5.75 Å². The van der Waals surface area contributed by atoms with E-state index in [1.54, 1.807) is 0 Å². The molecule has 2 rings (SSSR count). The van der Waals surface area contributed by atoms with Crippen LogP contribution >= 0.6 is 0 Å². The molecule has 0 bridgehead atoms. The minimum atomic E-state index is 0.205. The first-order valence-corrected chi connectivity index (χ1v) is 7.43. The number of carbonyl (C=O) groups is 1. The third-order valence-electron chi connectivity index (χ3n) is 3.73. The summed E-state index contributed by atoms with van der Waals surface area (Å²) >= 11 is 0. The lowest BCUT2D eigenvalue weighted by molar-refractivity contribution is -0.128. The van der Waals surface area contributed by atoms with Gasteiger partial charge in [-0.2, -0.15) is 0 Å². The maximum atomic E-state index is 11.9. The Balaban J connectivity index is 1.83. The minimum Gasteiger partial charge on any atom is -0.492 e. The Morgan fingerprint density at radius 3 is 2.62 bits per heavy atom. The van der Waals surface area contributed by atoms with E-state index in [1.165, 1.54) is 0 Å². The molecule has 1 atom stereocenters. The molecule has 1 aromatic carbocycles. The largest absolute Gasteiger partial charge is 0.492 e. The molecule has 0 saturated carbocycles.